The van der Waals surface area contributed by atoms with Gasteiger partial charge in [-0.05, 0) is 36.4 Å². The highest BCUT2D eigenvalue weighted by Gasteiger charge is 2.20. The molecule has 10 heteroatoms. The van der Waals surface area contributed by atoms with Crippen LogP contribution in [0.3, 0.4) is 0 Å². The molecule has 9 nitrogen and oxygen atoms in total. The van der Waals surface area contributed by atoms with Gasteiger partial charge in [-0.2, -0.15) is 0 Å². The standard InChI is InChI=1S/C24H22N4O5S/c1-28(19-11-5-3-9-17(19)22(30)25-14-16-8-7-13-32-16)21(29)15-34-24-27-26-23(33-24)18-10-4-6-12-20(18)31-2/h3-13H,14-15H2,1-2H3,(H,25,30). The number of hydrogen-bond donors (Lipinski definition) is 1. The maximum atomic E-state index is 12.9. The van der Waals surface area contributed by atoms with Crippen molar-refractivity contribution in [2.24, 2.45) is 0 Å². The number of nitrogens with zero attached hydrogens (tertiary/aromatic N) is 3. The van der Waals surface area contributed by atoms with E-state index in [2.05, 4.69) is 15.5 Å². The van der Waals surface area contributed by atoms with E-state index in [0.29, 0.717) is 34.2 Å². The van der Waals surface area contributed by atoms with Crippen LogP contribution >= 0.6 is 11.8 Å². The van der Waals surface area contributed by atoms with E-state index >= 15 is 0 Å². The number of ether oxygens (including phenoxy) is 1. The quantitative estimate of drug-likeness (QED) is 0.359. The Morgan fingerprint density at radius 3 is 2.65 bits per heavy atom. The summed E-state index contributed by atoms with van der Waals surface area (Å²) in [4.78, 5) is 27.0. The van der Waals surface area contributed by atoms with Crippen LogP contribution in [0, 0.1) is 0 Å². The molecule has 0 fully saturated rings. The molecule has 34 heavy (non-hydrogen) atoms. The molecule has 0 spiro atoms. The van der Waals surface area contributed by atoms with Crippen molar-refractivity contribution in [2.75, 3.05) is 24.8 Å². The number of thioether (sulfide) groups is 1. The van der Waals surface area contributed by atoms with Crippen molar-refractivity contribution in [3.05, 3.63) is 78.3 Å². The van der Waals surface area contributed by atoms with Gasteiger partial charge in [-0.1, -0.05) is 36.0 Å². The molecule has 4 rings (SSSR count). The molecule has 0 aliphatic heterocycles. The van der Waals surface area contributed by atoms with Gasteiger partial charge in [-0.3, -0.25) is 9.59 Å². The minimum absolute atomic E-state index is 0.0480. The number of nitrogens with one attached hydrogen (secondary N) is 1. The lowest BCUT2D eigenvalue weighted by atomic mass is 10.1. The molecular formula is C24H22N4O5S. The highest BCUT2D eigenvalue weighted by Crippen LogP contribution is 2.30. The van der Waals surface area contributed by atoms with Crippen molar-refractivity contribution in [1.29, 1.82) is 0 Å². The van der Waals surface area contributed by atoms with Crippen molar-refractivity contribution in [3.8, 4) is 17.2 Å². The van der Waals surface area contributed by atoms with E-state index in [9.17, 15) is 9.59 Å². The normalized spacial score (nSPS) is 10.6. The molecule has 4 aromatic rings. The van der Waals surface area contributed by atoms with E-state index in [0.717, 1.165) is 11.8 Å². The van der Waals surface area contributed by atoms with E-state index in [1.165, 1.54) is 4.90 Å². The third-order valence-corrected chi connectivity index (χ3v) is 5.75. The van der Waals surface area contributed by atoms with Crippen LogP contribution in [0.2, 0.25) is 0 Å². The Morgan fingerprint density at radius 2 is 1.85 bits per heavy atom. The fourth-order valence-corrected chi connectivity index (χ4v) is 3.86. The zero-order chi connectivity index (χ0) is 23.9. The van der Waals surface area contributed by atoms with Gasteiger partial charge in [0.25, 0.3) is 17.0 Å². The van der Waals surface area contributed by atoms with E-state index in [1.54, 1.807) is 62.9 Å². The summed E-state index contributed by atoms with van der Waals surface area (Å²) in [5.74, 6) is 1.07. The predicted molar refractivity (Wildman–Crippen MR) is 127 cm³/mol. The number of amides is 2. The highest BCUT2D eigenvalue weighted by atomic mass is 32.2. The second kappa shape index (κ2) is 10.7. The molecule has 0 aliphatic rings. The molecule has 2 aromatic carbocycles. The summed E-state index contributed by atoms with van der Waals surface area (Å²) in [5.41, 5.74) is 1.54. The van der Waals surface area contributed by atoms with Crippen LogP contribution in [0.1, 0.15) is 16.1 Å². The zero-order valence-electron chi connectivity index (χ0n) is 18.6. The van der Waals surface area contributed by atoms with Gasteiger partial charge in [0.2, 0.25) is 5.91 Å². The highest BCUT2D eigenvalue weighted by molar-refractivity contribution is 7.99. The van der Waals surface area contributed by atoms with Crippen molar-refractivity contribution in [3.63, 3.8) is 0 Å². The van der Waals surface area contributed by atoms with Gasteiger partial charge in [0.1, 0.15) is 11.5 Å². The lowest BCUT2D eigenvalue weighted by molar-refractivity contribution is -0.115. The van der Waals surface area contributed by atoms with Crippen LogP contribution < -0.4 is 15.0 Å². The molecule has 0 saturated carbocycles. The lowest BCUT2D eigenvalue weighted by Gasteiger charge is -2.20. The minimum atomic E-state index is -0.308. The van der Waals surface area contributed by atoms with Gasteiger partial charge in [0, 0.05) is 7.05 Å². The van der Waals surface area contributed by atoms with Gasteiger partial charge in [-0.25, -0.2) is 0 Å². The number of para-hydroxylation sites is 2. The molecule has 0 saturated heterocycles. The fraction of sp³-hybridized carbons (Fsp3) is 0.167. The monoisotopic (exact) mass is 478 g/mol. The largest absolute Gasteiger partial charge is 0.496 e. The summed E-state index contributed by atoms with van der Waals surface area (Å²) in [7, 11) is 3.18. The average molecular weight is 479 g/mol. The van der Waals surface area contributed by atoms with Crippen LogP contribution in [0.4, 0.5) is 5.69 Å². The van der Waals surface area contributed by atoms with Crippen LogP contribution in [-0.4, -0.2) is 41.9 Å². The maximum absolute atomic E-state index is 12.9. The number of carbonyl (C=O) groups excluding carboxylic acids is 2. The van der Waals surface area contributed by atoms with Crippen molar-refractivity contribution < 1.29 is 23.2 Å². The molecule has 2 aromatic heterocycles. The Morgan fingerprint density at radius 1 is 1.06 bits per heavy atom. The predicted octanol–water partition coefficient (Wildman–Crippen LogP) is 4.02. The Bertz CT molecular complexity index is 1270. The smallest absolute Gasteiger partial charge is 0.277 e. The van der Waals surface area contributed by atoms with Crippen LogP contribution in [0.15, 0.2) is 81.0 Å². The molecule has 0 aliphatic carbocycles. The molecule has 174 valence electrons. The first kappa shape index (κ1) is 23.1. The third-order valence-electron chi connectivity index (χ3n) is 4.95. The van der Waals surface area contributed by atoms with Crippen molar-refractivity contribution in [1.82, 2.24) is 15.5 Å². The van der Waals surface area contributed by atoms with Gasteiger partial charge < -0.3 is 23.8 Å². The maximum Gasteiger partial charge on any atom is 0.277 e. The average Bonchev–Trinajstić information content (AvgIpc) is 3.57. The molecular weight excluding hydrogens is 456 g/mol. The van der Waals surface area contributed by atoms with Gasteiger partial charge in [-0.15, -0.1) is 10.2 Å². The first-order chi connectivity index (χ1) is 16.6. The summed E-state index contributed by atoms with van der Waals surface area (Å²) in [6, 6.07) is 17.7. The van der Waals surface area contributed by atoms with Gasteiger partial charge in [0.15, 0.2) is 0 Å². The Balaban J connectivity index is 1.40. The third kappa shape index (κ3) is 5.29. The molecule has 0 radical (unpaired) electrons. The Hall–Kier alpha value is -4.05. The summed E-state index contributed by atoms with van der Waals surface area (Å²) in [5, 5.41) is 11.1. The number of aromatic nitrogens is 2. The van der Waals surface area contributed by atoms with E-state index in [4.69, 9.17) is 13.6 Å². The number of benzene rings is 2. The number of carbonyl (C=O) groups is 2. The number of methoxy groups -OCH3 is 1. The number of anilines is 1. The van der Waals surface area contributed by atoms with Gasteiger partial charge in [0.05, 0.1) is 42.5 Å². The first-order valence-corrected chi connectivity index (χ1v) is 11.3. The van der Waals surface area contributed by atoms with Crippen LogP contribution in [-0.2, 0) is 11.3 Å². The van der Waals surface area contributed by atoms with E-state index < -0.39 is 0 Å². The molecule has 1 N–H and O–H groups in total. The molecule has 0 unspecified atom stereocenters. The zero-order valence-corrected chi connectivity index (χ0v) is 19.4. The summed E-state index contributed by atoms with van der Waals surface area (Å²) in [6.07, 6.45) is 1.54. The molecule has 2 amide bonds. The summed E-state index contributed by atoms with van der Waals surface area (Å²) >= 11 is 1.12. The number of rotatable bonds is 9. The number of furan rings is 1. The van der Waals surface area contributed by atoms with Crippen molar-refractivity contribution >= 4 is 29.3 Å². The topological polar surface area (TPSA) is 111 Å². The second-order valence-electron chi connectivity index (χ2n) is 7.09. The molecule has 0 atom stereocenters. The van der Waals surface area contributed by atoms with Gasteiger partial charge >= 0.3 is 0 Å². The van der Waals surface area contributed by atoms with E-state index in [-0.39, 0.29) is 29.3 Å². The van der Waals surface area contributed by atoms with Crippen molar-refractivity contribution in [2.45, 2.75) is 11.8 Å². The SMILES string of the molecule is COc1ccccc1-c1nnc(SCC(=O)N(C)c2ccccc2C(=O)NCc2ccco2)o1. The molecule has 0 bridgehead atoms. The molecule has 2 heterocycles. The fourth-order valence-electron chi connectivity index (χ4n) is 3.19. The summed E-state index contributed by atoms with van der Waals surface area (Å²) in [6.45, 7) is 0.249. The van der Waals surface area contributed by atoms with E-state index in [1.807, 2.05) is 18.2 Å². The second-order valence-corrected chi connectivity index (χ2v) is 8.02. The first-order valence-electron chi connectivity index (χ1n) is 10.3. The minimum Gasteiger partial charge on any atom is -0.496 e. The lowest BCUT2D eigenvalue weighted by Crippen LogP contribution is -2.31. The van der Waals surface area contributed by atoms with Crippen LogP contribution in [0.25, 0.3) is 11.5 Å². The van der Waals surface area contributed by atoms with Crippen LogP contribution in [0.5, 0.6) is 5.75 Å². The Kier molecular flexibility index (Phi) is 7.28. The number of hydrogen-bond acceptors (Lipinski definition) is 8. The Labute approximate surface area is 200 Å². The summed E-state index contributed by atoms with van der Waals surface area (Å²) < 4.78 is 16.3.